The van der Waals surface area contributed by atoms with Gasteiger partial charge in [0.15, 0.2) is 0 Å². The van der Waals surface area contributed by atoms with Crippen molar-refractivity contribution in [3.05, 3.63) is 70.3 Å². The molecule has 158 valence electrons. The van der Waals surface area contributed by atoms with Crippen molar-refractivity contribution in [1.29, 1.82) is 5.26 Å². The number of carbonyl (C=O) groups excluding carboxylic acids is 2. The number of hydrogen-bond acceptors (Lipinski definition) is 4. The first kappa shape index (κ1) is 20.5. The maximum Gasteiger partial charge on any atom is 0.315 e. The average molecular weight is 416 g/mol. The standard InChI is InChI=1S/C24H24N4O3/c1-4-26-23(30)27-13-19-21(28-14-16-7-5-6-8-17(16)22(28)29)18-11-15(12-25)9-10-20(18)31-24(19,2)3/h5-11H,4,13-14H2,1-3H3,(H2,26,27,30). The van der Waals surface area contributed by atoms with Crippen molar-refractivity contribution in [2.24, 2.45) is 0 Å². The number of urea groups is 1. The van der Waals surface area contributed by atoms with Crippen molar-refractivity contribution in [3.63, 3.8) is 0 Å². The third kappa shape index (κ3) is 3.61. The second-order valence-electron chi connectivity index (χ2n) is 8.02. The number of rotatable bonds is 4. The van der Waals surface area contributed by atoms with E-state index in [1.807, 2.05) is 45.0 Å². The molecule has 0 aliphatic carbocycles. The molecule has 7 nitrogen and oxygen atoms in total. The molecule has 0 atom stereocenters. The van der Waals surface area contributed by atoms with Crippen molar-refractivity contribution < 1.29 is 14.3 Å². The summed E-state index contributed by atoms with van der Waals surface area (Å²) in [5.74, 6) is 0.497. The molecule has 2 N–H and O–H groups in total. The maximum atomic E-state index is 13.3. The normalized spacial score (nSPS) is 16.2. The van der Waals surface area contributed by atoms with E-state index in [2.05, 4.69) is 16.7 Å². The predicted octanol–water partition coefficient (Wildman–Crippen LogP) is 3.42. The highest BCUT2D eigenvalue weighted by atomic mass is 16.5. The lowest BCUT2D eigenvalue weighted by atomic mass is 9.88. The van der Waals surface area contributed by atoms with Gasteiger partial charge in [-0.05, 0) is 50.6 Å². The third-order valence-corrected chi connectivity index (χ3v) is 5.60. The van der Waals surface area contributed by atoms with Crippen molar-refractivity contribution in [1.82, 2.24) is 15.5 Å². The summed E-state index contributed by atoms with van der Waals surface area (Å²) < 4.78 is 6.25. The Balaban J connectivity index is 1.87. The highest BCUT2D eigenvalue weighted by Gasteiger charge is 2.41. The van der Waals surface area contributed by atoms with Crippen LogP contribution < -0.4 is 15.4 Å². The monoisotopic (exact) mass is 416 g/mol. The van der Waals surface area contributed by atoms with Crippen LogP contribution in [0.15, 0.2) is 48.0 Å². The molecule has 31 heavy (non-hydrogen) atoms. The maximum absolute atomic E-state index is 13.3. The van der Waals surface area contributed by atoms with Gasteiger partial charge in [0.05, 0.1) is 23.9 Å². The second kappa shape index (κ2) is 7.80. The Labute approximate surface area is 181 Å². The number of carbonyl (C=O) groups is 2. The zero-order valence-electron chi connectivity index (χ0n) is 17.8. The van der Waals surface area contributed by atoms with E-state index in [1.165, 1.54) is 0 Å². The summed E-state index contributed by atoms with van der Waals surface area (Å²) in [5, 5.41) is 15.0. The lowest BCUT2D eigenvalue weighted by Crippen LogP contribution is -2.45. The van der Waals surface area contributed by atoms with Crippen molar-refractivity contribution >= 4 is 17.6 Å². The largest absolute Gasteiger partial charge is 0.483 e. The van der Waals surface area contributed by atoms with Crippen LogP contribution in [0.1, 0.15) is 47.8 Å². The van der Waals surface area contributed by atoms with E-state index in [4.69, 9.17) is 4.74 Å². The number of hydrogen-bond donors (Lipinski definition) is 2. The molecule has 2 heterocycles. The molecule has 0 radical (unpaired) electrons. The van der Waals surface area contributed by atoms with Gasteiger partial charge in [-0.1, -0.05) is 18.2 Å². The van der Waals surface area contributed by atoms with Crippen LogP contribution in [0, 0.1) is 11.3 Å². The molecule has 2 aliphatic rings. The average Bonchev–Trinajstić information content (AvgIpc) is 3.07. The Kier molecular flexibility index (Phi) is 5.15. The number of amides is 3. The Bertz CT molecular complexity index is 1140. The quantitative estimate of drug-likeness (QED) is 0.799. The summed E-state index contributed by atoms with van der Waals surface area (Å²) in [4.78, 5) is 27.2. The van der Waals surface area contributed by atoms with E-state index < -0.39 is 5.60 Å². The van der Waals surface area contributed by atoms with E-state index in [9.17, 15) is 14.9 Å². The number of nitriles is 1. The number of benzene rings is 2. The smallest absolute Gasteiger partial charge is 0.315 e. The van der Waals surface area contributed by atoms with E-state index in [-0.39, 0.29) is 18.5 Å². The lowest BCUT2D eigenvalue weighted by molar-refractivity contribution is 0.0843. The Morgan fingerprint density at radius 3 is 2.68 bits per heavy atom. The summed E-state index contributed by atoms with van der Waals surface area (Å²) in [6, 6.07) is 14.6. The third-order valence-electron chi connectivity index (χ3n) is 5.60. The number of ether oxygens (including phenoxy) is 1. The molecule has 2 aliphatic heterocycles. The van der Waals surface area contributed by atoms with Gasteiger partial charge < -0.3 is 20.3 Å². The Morgan fingerprint density at radius 2 is 1.97 bits per heavy atom. The fourth-order valence-electron chi connectivity index (χ4n) is 4.09. The van der Waals surface area contributed by atoms with E-state index in [0.29, 0.717) is 41.2 Å². The second-order valence-corrected chi connectivity index (χ2v) is 8.02. The number of fused-ring (bicyclic) bond motifs is 2. The van der Waals surface area contributed by atoms with Crippen LogP contribution in [0.2, 0.25) is 0 Å². The summed E-state index contributed by atoms with van der Waals surface area (Å²) >= 11 is 0. The first-order valence-electron chi connectivity index (χ1n) is 10.2. The van der Waals surface area contributed by atoms with Gasteiger partial charge in [-0.15, -0.1) is 0 Å². The molecule has 7 heteroatoms. The molecule has 2 aromatic rings. The van der Waals surface area contributed by atoms with Crippen molar-refractivity contribution in [2.45, 2.75) is 32.9 Å². The van der Waals surface area contributed by atoms with Gasteiger partial charge in [-0.3, -0.25) is 4.79 Å². The molecule has 4 rings (SSSR count). The zero-order chi connectivity index (χ0) is 22.2. The van der Waals surface area contributed by atoms with Crippen LogP contribution >= 0.6 is 0 Å². The van der Waals surface area contributed by atoms with Gasteiger partial charge in [-0.25, -0.2) is 4.79 Å². The van der Waals surface area contributed by atoms with Crippen LogP contribution in [-0.4, -0.2) is 35.5 Å². The lowest BCUT2D eigenvalue weighted by Gasteiger charge is -2.39. The van der Waals surface area contributed by atoms with Crippen LogP contribution in [-0.2, 0) is 6.54 Å². The fraction of sp³-hybridized carbons (Fsp3) is 0.292. The predicted molar refractivity (Wildman–Crippen MR) is 116 cm³/mol. The molecule has 0 unspecified atom stereocenters. The molecule has 0 fully saturated rings. The molecule has 0 saturated carbocycles. The highest BCUT2D eigenvalue weighted by Crippen LogP contribution is 2.44. The van der Waals surface area contributed by atoms with Gasteiger partial charge >= 0.3 is 6.03 Å². The van der Waals surface area contributed by atoms with Crippen LogP contribution in [0.25, 0.3) is 5.70 Å². The van der Waals surface area contributed by atoms with Gasteiger partial charge in [0.2, 0.25) is 0 Å². The summed E-state index contributed by atoms with van der Waals surface area (Å²) in [6.45, 7) is 6.79. The van der Waals surface area contributed by atoms with E-state index in [1.54, 1.807) is 23.1 Å². The zero-order valence-corrected chi connectivity index (χ0v) is 17.8. The SMILES string of the molecule is CCNC(=O)NCC1=C(N2Cc3ccccc3C2=O)c2cc(C#N)ccc2OC1(C)C. The Hall–Kier alpha value is -3.79. The van der Waals surface area contributed by atoms with Gasteiger partial charge in [0, 0.05) is 29.8 Å². The minimum atomic E-state index is -0.773. The van der Waals surface area contributed by atoms with Crippen molar-refractivity contribution in [3.8, 4) is 11.8 Å². The Morgan fingerprint density at radius 1 is 1.19 bits per heavy atom. The van der Waals surface area contributed by atoms with Crippen LogP contribution in [0.3, 0.4) is 0 Å². The molecular formula is C24H24N4O3. The number of nitrogens with one attached hydrogen (secondary N) is 2. The van der Waals surface area contributed by atoms with Crippen LogP contribution in [0.5, 0.6) is 5.75 Å². The summed E-state index contributed by atoms with van der Waals surface area (Å²) in [5.41, 5.74) is 3.42. The molecule has 0 bridgehead atoms. The fourth-order valence-corrected chi connectivity index (χ4v) is 4.09. The summed E-state index contributed by atoms with van der Waals surface area (Å²) in [6.07, 6.45) is 0. The van der Waals surface area contributed by atoms with Gasteiger partial charge in [0.25, 0.3) is 5.91 Å². The van der Waals surface area contributed by atoms with Gasteiger partial charge in [0.1, 0.15) is 11.4 Å². The first-order chi connectivity index (χ1) is 14.9. The minimum absolute atomic E-state index is 0.105. The molecule has 2 aromatic carbocycles. The molecule has 0 saturated heterocycles. The molecule has 0 aromatic heterocycles. The topological polar surface area (TPSA) is 94.5 Å². The minimum Gasteiger partial charge on any atom is -0.483 e. The number of nitrogens with zero attached hydrogens (tertiary/aromatic N) is 2. The molecular weight excluding hydrogens is 392 g/mol. The summed E-state index contributed by atoms with van der Waals surface area (Å²) in [7, 11) is 0. The first-order valence-corrected chi connectivity index (χ1v) is 10.2. The van der Waals surface area contributed by atoms with E-state index in [0.717, 1.165) is 11.1 Å². The molecule has 0 spiro atoms. The highest BCUT2D eigenvalue weighted by molar-refractivity contribution is 6.04. The molecule has 3 amide bonds. The van der Waals surface area contributed by atoms with Gasteiger partial charge in [-0.2, -0.15) is 5.26 Å². The van der Waals surface area contributed by atoms with Crippen molar-refractivity contribution in [2.75, 3.05) is 13.1 Å². The van der Waals surface area contributed by atoms with E-state index >= 15 is 0 Å². The van der Waals surface area contributed by atoms with Crippen LogP contribution in [0.4, 0.5) is 4.79 Å².